The van der Waals surface area contributed by atoms with Crippen molar-refractivity contribution in [1.29, 1.82) is 0 Å². The number of likely N-dealkylation sites (N-methyl/N-ethyl adjacent to an activating group) is 1. The Morgan fingerprint density at radius 3 is 2.57 bits per heavy atom. The van der Waals surface area contributed by atoms with E-state index >= 15 is 0 Å². The molecule has 2 atom stereocenters. The molecule has 2 rings (SSSR count). The summed E-state index contributed by atoms with van der Waals surface area (Å²) in [4.78, 5) is 0.190. The molecular weight excluding hydrogens is 358 g/mol. The first-order chi connectivity index (χ1) is 9.87. The molecule has 21 heavy (non-hydrogen) atoms. The van der Waals surface area contributed by atoms with E-state index in [4.69, 9.17) is 4.74 Å². The molecule has 1 fully saturated rings. The number of benzene rings is 1. The lowest BCUT2D eigenvalue weighted by Crippen LogP contribution is -2.46. The van der Waals surface area contributed by atoms with Gasteiger partial charge in [0.15, 0.2) is 0 Å². The first-order valence-electron chi connectivity index (χ1n) is 6.87. The SMILES string of the molecule is COc1ccc(S(=O)(=O)N(C)C2CCCCC2O)cc1Br. The summed E-state index contributed by atoms with van der Waals surface area (Å²) in [6.07, 6.45) is 2.62. The quantitative estimate of drug-likeness (QED) is 0.874. The van der Waals surface area contributed by atoms with Crippen LogP contribution in [0.2, 0.25) is 0 Å². The second-order valence-corrected chi connectivity index (χ2v) is 8.09. The van der Waals surface area contributed by atoms with Gasteiger partial charge in [0.1, 0.15) is 5.75 Å². The highest BCUT2D eigenvalue weighted by Crippen LogP contribution is 2.31. The third-order valence-corrected chi connectivity index (χ3v) is 6.46. The number of rotatable bonds is 4. The van der Waals surface area contributed by atoms with Gasteiger partial charge < -0.3 is 9.84 Å². The van der Waals surface area contributed by atoms with Crippen molar-refractivity contribution in [3.8, 4) is 5.75 Å². The normalized spacial score (nSPS) is 23.3. The monoisotopic (exact) mass is 377 g/mol. The Bertz CT molecular complexity index is 605. The molecule has 118 valence electrons. The Hall–Kier alpha value is -0.630. The van der Waals surface area contributed by atoms with Gasteiger partial charge in [-0.2, -0.15) is 4.31 Å². The number of nitrogens with zero attached hydrogens (tertiary/aromatic N) is 1. The predicted octanol–water partition coefficient (Wildman–Crippen LogP) is 2.38. The van der Waals surface area contributed by atoms with Gasteiger partial charge >= 0.3 is 0 Å². The minimum atomic E-state index is -3.63. The highest BCUT2D eigenvalue weighted by Gasteiger charge is 2.34. The molecule has 0 amide bonds. The zero-order valence-electron chi connectivity index (χ0n) is 12.1. The number of ether oxygens (including phenoxy) is 1. The van der Waals surface area contributed by atoms with E-state index in [1.54, 1.807) is 6.07 Å². The Balaban J connectivity index is 2.30. The van der Waals surface area contributed by atoms with E-state index in [0.717, 1.165) is 12.8 Å². The van der Waals surface area contributed by atoms with Crippen LogP contribution in [-0.2, 0) is 10.0 Å². The molecule has 0 spiro atoms. The summed E-state index contributed by atoms with van der Waals surface area (Å²) >= 11 is 3.30. The van der Waals surface area contributed by atoms with Gasteiger partial charge in [0.25, 0.3) is 0 Å². The van der Waals surface area contributed by atoms with Gasteiger partial charge in [-0.3, -0.25) is 0 Å². The van der Waals surface area contributed by atoms with Crippen LogP contribution in [0.5, 0.6) is 5.75 Å². The van der Waals surface area contributed by atoms with Crippen LogP contribution in [0.3, 0.4) is 0 Å². The molecule has 0 radical (unpaired) electrons. The Kier molecular flexibility index (Phi) is 5.29. The van der Waals surface area contributed by atoms with E-state index < -0.39 is 16.1 Å². The Morgan fingerprint density at radius 2 is 2.00 bits per heavy atom. The first-order valence-corrected chi connectivity index (χ1v) is 9.11. The molecule has 1 N–H and O–H groups in total. The fourth-order valence-electron chi connectivity index (χ4n) is 2.67. The standard InChI is InChI=1S/C14H20BrNO4S/c1-16(12-5-3-4-6-13(12)17)21(18,19)10-7-8-14(20-2)11(15)9-10/h7-9,12-13,17H,3-6H2,1-2H3. The second kappa shape index (κ2) is 6.64. The fraction of sp³-hybridized carbons (Fsp3) is 0.571. The van der Waals surface area contributed by atoms with E-state index in [0.29, 0.717) is 23.1 Å². The number of hydrogen-bond donors (Lipinski definition) is 1. The summed E-state index contributed by atoms with van der Waals surface area (Å²) < 4.78 is 32.4. The van der Waals surface area contributed by atoms with Crippen LogP contribution < -0.4 is 4.74 Å². The molecular formula is C14H20BrNO4S. The molecule has 1 saturated carbocycles. The van der Waals surface area contributed by atoms with Crippen molar-refractivity contribution in [1.82, 2.24) is 4.31 Å². The van der Waals surface area contributed by atoms with Crippen LogP contribution in [-0.4, -0.2) is 44.1 Å². The highest BCUT2D eigenvalue weighted by molar-refractivity contribution is 9.10. The maximum absolute atomic E-state index is 12.7. The molecule has 1 aliphatic rings. The average molecular weight is 378 g/mol. The van der Waals surface area contributed by atoms with Crippen LogP contribution in [0.4, 0.5) is 0 Å². The van der Waals surface area contributed by atoms with Crippen LogP contribution in [0.15, 0.2) is 27.6 Å². The number of aliphatic hydroxyl groups is 1. The first kappa shape index (κ1) is 16.7. The van der Waals surface area contributed by atoms with Crippen molar-refractivity contribution in [3.05, 3.63) is 22.7 Å². The van der Waals surface area contributed by atoms with Crippen molar-refractivity contribution in [2.24, 2.45) is 0 Å². The van der Waals surface area contributed by atoms with Crippen molar-refractivity contribution in [2.45, 2.75) is 42.7 Å². The second-order valence-electron chi connectivity index (χ2n) is 5.24. The van der Waals surface area contributed by atoms with E-state index in [2.05, 4.69) is 15.9 Å². The minimum absolute atomic E-state index is 0.190. The summed E-state index contributed by atoms with van der Waals surface area (Å²) in [5.74, 6) is 0.578. The molecule has 5 nitrogen and oxygen atoms in total. The van der Waals surface area contributed by atoms with Crippen LogP contribution >= 0.6 is 15.9 Å². The van der Waals surface area contributed by atoms with Gasteiger partial charge in [-0.05, 0) is 47.0 Å². The fourth-order valence-corrected chi connectivity index (χ4v) is 4.80. The van der Waals surface area contributed by atoms with Crippen molar-refractivity contribution in [3.63, 3.8) is 0 Å². The predicted molar refractivity (Wildman–Crippen MR) is 83.9 cm³/mol. The van der Waals surface area contributed by atoms with Gasteiger partial charge in [0.05, 0.1) is 28.6 Å². The Labute approximate surface area is 134 Å². The zero-order chi connectivity index (χ0) is 15.6. The largest absolute Gasteiger partial charge is 0.496 e. The number of aliphatic hydroxyl groups excluding tert-OH is 1. The number of hydrogen-bond acceptors (Lipinski definition) is 4. The highest BCUT2D eigenvalue weighted by atomic mass is 79.9. The molecule has 0 heterocycles. The lowest BCUT2D eigenvalue weighted by Gasteiger charge is -2.34. The van der Waals surface area contributed by atoms with Gasteiger partial charge in [-0.1, -0.05) is 12.8 Å². The van der Waals surface area contributed by atoms with Crippen molar-refractivity contribution in [2.75, 3.05) is 14.2 Å². The summed E-state index contributed by atoms with van der Waals surface area (Å²) in [6.45, 7) is 0. The number of methoxy groups -OCH3 is 1. The molecule has 2 unspecified atom stereocenters. The van der Waals surface area contributed by atoms with Crippen LogP contribution in [0, 0.1) is 0 Å². The molecule has 1 aromatic rings. The van der Waals surface area contributed by atoms with Gasteiger partial charge in [0.2, 0.25) is 10.0 Å². The summed E-state index contributed by atoms with van der Waals surface area (Å²) in [5.41, 5.74) is 0. The van der Waals surface area contributed by atoms with Crippen molar-refractivity contribution < 1.29 is 18.3 Å². The Morgan fingerprint density at radius 1 is 1.33 bits per heavy atom. The van der Waals surface area contributed by atoms with E-state index in [1.807, 2.05) is 0 Å². The molecule has 1 aromatic carbocycles. The lowest BCUT2D eigenvalue weighted by atomic mass is 9.93. The number of halogens is 1. The maximum atomic E-state index is 12.7. The number of sulfonamides is 1. The maximum Gasteiger partial charge on any atom is 0.243 e. The molecule has 0 aliphatic heterocycles. The molecule has 1 aliphatic carbocycles. The molecule has 0 aromatic heterocycles. The summed E-state index contributed by atoms with van der Waals surface area (Å²) in [6, 6.07) is 4.30. The van der Waals surface area contributed by atoms with E-state index in [9.17, 15) is 13.5 Å². The minimum Gasteiger partial charge on any atom is -0.496 e. The summed E-state index contributed by atoms with van der Waals surface area (Å²) in [7, 11) is -0.570. The topological polar surface area (TPSA) is 66.8 Å². The van der Waals surface area contributed by atoms with Gasteiger partial charge in [0, 0.05) is 7.05 Å². The third-order valence-electron chi connectivity index (χ3n) is 3.96. The third kappa shape index (κ3) is 3.41. The van der Waals surface area contributed by atoms with Gasteiger partial charge in [-0.25, -0.2) is 8.42 Å². The lowest BCUT2D eigenvalue weighted by molar-refractivity contribution is 0.0638. The van der Waals surface area contributed by atoms with Crippen molar-refractivity contribution >= 4 is 26.0 Å². The average Bonchev–Trinajstić information content (AvgIpc) is 2.47. The van der Waals surface area contributed by atoms with E-state index in [1.165, 1.54) is 30.6 Å². The van der Waals surface area contributed by atoms with E-state index in [-0.39, 0.29) is 10.9 Å². The van der Waals surface area contributed by atoms with Crippen LogP contribution in [0.1, 0.15) is 25.7 Å². The zero-order valence-corrected chi connectivity index (χ0v) is 14.5. The van der Waals surface area contributed by atoms with Crippen LogP contribution in [0.25, 0.3) is 0 Å². The molecule has 0 saturated heterocycles. The summed E-state index contributed by atoms with van der Waals surface area (Å²) in [5, 5.41) is 10.1. The molecule has 0 bridgehead atoms. The molecule has 7 heteroatoms. The smallest absolute Gasteiger partial charge is 0.243 e. The van der Waals surface area contributed by atoms with Gasteiger partial charge in [-0.15, -0.1) is 0 Å².